The summed E-state index contributed by atoms with van der Waals surface area (Å²) < 4.78 is 27.4. The molecule has 3 heterocycles. The van der Waals surface area contributed by atoms with Crippen molar-refractivity contribution in [2.24, 2.45) is 0 Å². The molecule has 3 rings (SSSR count). The molecule has 0 aliphatic rings. The van der Waals surface area contributed by atoms with Crippen LogP contribution in [0.3, 0.4) is 0 Å². The third-order valence-corrected chi connectivity index (χ3v) is 6.97. The average Bonchev–Trinajstić information content (AvgIpc) is 3.10. The molecule has 0 saturated heterocycles. The standard InChI is InChI=1S/C18H21N5O2S2/c1-12-4-5-16(26-12)27(24,25)21-11-10-20-17-13(2)14(3)22-18(23-17)15-6-8-19-9-7-15/h4-9,21H,10-11H2,1-3H3,(H,20,22,23). The van der Waals surface area contributed by atoms with Gasteiger partial charge in [0.25, 0.3) is 0 Å². The molecule has 9 heteroatoms. The first kappa shape index (κ1) is 19.4. The molecule has 0 aliphatic heterocycles. The fourth-order valence-corrected chi connectivity index (χ4v) is 4.78. The quantitative estimate of drug-likeness (QED) is 0.589. The third-order valence-electron chi connectivity index (χ3n) is 4.02. The molecular formula is C18H21N5O2S2. The zero-order chi connectivity index (χ0) is 19.4. The highest BCUT2D eigenvalue weighted by Gasteiger charge is 2.15. The first-order valence-corrected chi connectivity index (χ1v) is 10.7. The highest BCUT2D eigenvalue weighted by Crippen LogP contribution is 2.21. The highest BCUT2D eigenvalue weighted by atomic mass is 32.2. The van der Waals surface area contributed by atoms with E-state index in [0.29, 0.717) is 22.4 Å². The second kappa shape index (κ2) is 8.12. The average molecular weight is 404 g/mol. The minimum absolute atomic E-state index is 0.256. The van der Waals surface area contributed by atoms with Gasteiger partial charge in [0.1, 0.15) is 10.0 Å². The fraction of sp³-hybridized carbons (Fsp3) is 0.278. The van der Waals surface area contributed by atoms with Crippen molar-refractivity contribution in [2.75, 3.05) is 18.4 Å². The number of sulfonamides is 1. The normalized spacial score (nSPS) is 11.5. The Labute approximate surface area is 163 Å². The Hall–Kier alpha value is -2.36. The molecule has 0 atom stereocenters. The minimum Gasteiger partial charge on any atom is -0.368 e. The zero-order valence-electron chi connectivity index (χ0n) is 15.4. The van der Waals surface area contributed by atoms with Crippen molar-refractivity contribution >= 4 is 27.2 Å². The largest absolute Gasteiger partial charge is 0.368 e. The van der Waals surface area contributed by atoms with Crippen LogP contribution in [0.1, 0.15) is 16.1 Å². The Balaban J connectivity index is 1.67. The van der Waals surface area contributed by atoms with Gasteiger partial charge < -0.3 is 5.32 Å². The van der Waals surface area contributed by atoms with E-state index in [2.05, 4.69) is 25.0 Å². The van der Waals surface area contributed by atoms with Gasteiger partial charge in [0.15, 0.2) is 5.82 Å². The van der Waals surface area contributed by atoms with Gasteiger partial charge in [-0.05, 0) is 45.0 Å². The van der Waals surface area contributed by atoms with Crippen molar-refractivity contribution in [3.63, 3.8) is 0 Å². The summed E-state index contributed by atoms with van der Waals surface area (Å²) in [6.45, 7) is 6.41. The van der Waals surface area contributed by atoms with E-state index in [0.717, 1.165) is 21.7 Å². The number of aryl methyl sites for hydroxylation is 2. The predicted octanol–water partition coefficient (Wildman–Crippen LogP) is 2.92. The summed E-state index contributed by atoms with van der Waals surface area (Å²) in [6.07, 6.45) is 3.39. The van der Waals surface area contributed by atoms with Crippen LogP contribution in [0.2, 0.25) is 0 Å². The summed E-state index contributed by atoms with van der Waals surface area (Å²) in [5.74, 6) is 1.30. The molecule has 0 aromatic carbocycles. The van der Waals surface area contributed by atoms with E-state index in [4.69, 9.17) is 0 Å². The lowest BCUT2D eigenvalue weighted by Crippen LogP contribution is -2.28. The number of thiophene rings is 1. The predicted molar refractivity (Wildman–Crippen MR) is 107 cm³/mol. The van der Waals surface area contributed by atoms with Crippen LogP contribution in [-0.2, 0) is 10.0 Å². The molecule has 0 aliphatic carbocycles. The van der Waals surface area contributed by atoms with Gasteiger partial charge in [-0.1, -0.05) is 0 Å². The van der Waals surface area contributed by atoms with Gasteiger partial charge in [0.2, 0.25) is 10.0 Å². The maximum Gasteiger partial charge on any atom is 0.250 e. The smallest absolute Gasteiger partial charge is 0.250 e. The number of hydrogen-bond acceptors (Lipinski definition) is 7. The number of pyridine rings is 1. The molecule has 3 aromatic rings. The Morgan fingerprint density at radius 1 is 1.00 bits per heavy atom. The molecule has 0 saturated carbocycles. The van der Waals surface area contributed by atoms with E-state index >= 15 is 0 Å². The van der Waals surface area contributed by atoms with Gasteiger partial charge in [-0.3, -0.25) is 4.98 Å². The monoisotopic (exact) mass is 403 g/mol. The highest BCUT2D eigenvalue weighted by molar-refractivity contribution is 7.91. The number of rotatable bonds is 7. The van der Waals surface area contributed by atoms with E-state index < -0.39 is 10.0 Å². The number of nitrogens with one attached hydrogen (secondary N) is 2. The Morgan fingerprint density at radius 2 is 1.74 bits per heavy atom. The van der Waals surface area contributed by atoms with Gasteiger partial charge >= 0.3 is 0 Å². The third kappa shape index (κ3) is 4.68. The number of nitrogens with zero attached hydrogens (tertiary/aromatic N) is 3. The second-order valence-electron chi connectivity index (χ2n) is 6.03. The van der Waals surface area contributed by atoms with Crippen molar-refractivity contribution in [1.29, 1.82) is 0 Å². The van der Waals surface area contributed by atoms with Crippen molar-refractivity contribution in [3.8, 4) is 11.4 Å². The summed E-state index contributed by atoms with van der Waals surface area (Å²) >= 11 is 1.26. The van der Waals surface area contributed by atoms with Crippen LogP contribution in [0, 0.1) is 20.8 Å². The number of hydrogen-bond donors (Lipinski definition) is 2. The summed E-state index contributed by atoms with van der Waals surface area (Å²) in [5.41, 5.74) is 2.68. The minimum atomic E-state index is -3.47. The first-order valence-electron chi connectivity index (χ1n) is 8.42. The molecule has 7 nitrogen and oxygen atoms in total. The molecule has 3 aromatic heterocycles. The lowest BCUT2D eigenvalue weighted by Gasteiger charge is -2.12. The maximum atomic E-state index is 12.3. The Kier molecular flexibility index (Phi) is 5.83. The fourth-order valence-electron chi connectivity index (χ4n) is 2.42. The van der Waals surface area contributed by atoms with Crippen molar-refractivity contribution in [1.82, 2.24) is 19.7 Å². The van der Waals surface area contributed by atoms with Crippen LogP contribution in [0.4, 0.5) is 5.82 Å². The van der Waals surface area contributed by atoms with Gasteiger partial charge in [-0.15, -0.1) is 11.3 Å². The van der Waals surface area contributed by atoms with Crippen LogP contribution >= 0.6 is 11.3 Å². The molecule has 2 N–H and O–H groups in total. The lowest BCUT2D eigenvalue weighted by atomic mass is 10.2. The maximum absolute atomic E-state index is 12.3. The van der Waals surface area contributed by atoms with Gasteiger partial charge in [-0.2, -0.15) is 0 Å². The molecule has 0 radical (unpaired) electrons. The molecular weight excluding hydrogens is 382 g/mol. The van der Waals surface area contributed by atoms with Crippen LogP contribution in [0.5, 0.6) is 0 Å². The summed E-state index contributed by atoms with van der Waals surface area (Å²) in [4.78, 5) is 14.1. The number of anilines is 1. The van der Waals surface area contributed by atoms with E-state index in [-0.39, 0.29) is 6.54 Å². The van der Waals surface area contributed by atoms with E-state index in [1.807, 2.05) is 32.9 Å². The van der Waals surface area contributed by atoms with Gasteiger partial charge in [-0.25, -0.2) is 23.1 Å². The molecule has 0 spiro atoms. The van der Waals surface area contributed by atoms with E-state index in [9.17, 15) is 8.42 Å². The SMILES string of the molecule is Cc1ccc(S(=O)(=O)NCCNc2nc(-c3ccncc3)nc(C)c2C)s1. The Morgan fingerprint density at radius 3 is 2.41 bits per heavy atom. The summed E-state index contributed by atoms with van der Waals surface area (Å²) in [5, 5.41) is 3.20. The van der Waals surface area contributed by atoms with Crippen molar-refractivity contribution < 1.29 is 8.42 Å². The van der Waals surface area contributed by atoms with Crippen LogP contribution < -0.4 is 10.0 Å². The van der Waals surface area contributed by atoms with Crippen molar-refractivity contribution in [2.45, 2.75) is 25.0 Å². The molecule has 0 unspecified atom stereocenters. The topological polar surface area (TPSA) is 96.9 Å². The molecule has 0 bridgehead atoms. The first-order chi connectivity index (χ1) is 12.9. The molecule has 0 fully saturated rings. The van der Waals surface area contributed by atoms with Gasteiger partial charge in [0.05, 0.1) is 0 Å². The summed E-state index contributed by atoms with van der Waals surface area (Å²) in [6, 6.07) is 7.12. The summed E-state index contributed by atoms with van der Waals surface area (Å²) in [7, 11) is -3.47. The molecule has 27 heavy (non-hydrogen) atoms. The molecule has 142 valence electrons. The van der Waals surface area contributed by atoms with E-state index in [1.54, 1.807) is 24.5 Å². The van der Waals surface area contributed by atoms with Crippen LogP contribution in [0.25, 0.3) is 11.4 Å². The lowest BCUT2D eigenvalue weighted by molar-refractivity contribution is 0.585. The molecule has 0 amide bonds. The Bertz CT molecular complexity index is 1030. The van der Waals surface area contributed by atoms with Crippen LogP contribution in [0.15, 0.2) is 40.9 Å². The van der Waals surface area contributed by atoms with E-state index in [1.165, 1.54) is 11.3 Å². The van der Waals surface area contributed by atoms with Crippen LogP contribution in [-0.4, -0.2) is 36.5 Å². The number of aromatic nitrogens is 3. The second-order valence-corrected chi connectivity index (χ2v) is 9.31. The zero-order valence-corrected chi connectivity index (χ0v) is 17.0. The van der Waals surface area contributed by atoms with Gasteiger partial charge in [0, 0.05) is 47.2 Å². The van der Waals surface area contributed by atoms with Crippen molar-refractivity contribution in [3.05, 3.63) is 52.8 Å².